The molecular formula is C51H31N3OS. The lowest BCUT2D eigenvalue weighted by atomic mass is 9.98. The van der Waals surface area contributed by atoms with Crippen molar-refractivity contribution in [3.63, 3.8) is 0 Å². The highest BCUT2D eigenvalue weighted by molar-refractivity contribution is 7.25. The summed E-state index contributed by atoms with van der Waals surface area (Å²) in [7, 11) is 0. The Morgan fingerprint density at radius 1 is 0.321 bits per heavy atom. The molecule has 3 aromatic heterocycles. The molecule has 0 fully saturated rings. The van der Waals surface area contributed by atoms with Crippen LogP contribution in [-0.2, 0) is 0 Å². The monoisotopic (exact) mass is 733 g/mol. The molecule has 0 bridgehead atoms. The van der Waals surface area contributed by atoms with Gasteiger partial charge in [0.1, 0.15) is 11.2 Å². The fourth-order valence-corrected chi connectivity index (χ4v) is 8.89. The number of hydrogen-bond donors (Lipinski definition) is 0. The van der Waals surface area contributed by atoms with Gasteiger partial charge in [-0.1, -0.05) is 158 Å². The van der Waals surface area contributed by atoms with Crippen LogP contribution in [0.2, 0.25) is 0 Å². The Morgan fingerprint density at radius 3 is 1.48 bits per heavy atom. The van der Waals surface area contributed by atoms with E-state index in [2.05, 4.69) is 170 Å². The zero-order chi connectivity index (χ0) is 37.0. The molecule has 11 rings (SSSR count). The summed E-state index contributed by atoms with van der Waals surface area (Å²) in [5, 5.41) is 4.75. The molecule has 11 aromatic rings. The molecule has 0 saturated heterocycles. The highest BCUT2D eigenvalue weighted by atomic mass is 32.1. The van der Waals surface area contributed by atoms with Gasteiger partial charge in [0.25, 0.3) is 0 Å². The van der Waals surface area contributed by atoms with Crippen molar-refractivity contribution in [3.05, 3.63) is 188 Å². The Balaban J connectivity index is 1.02. The van der Waals surface area contributed by atoms with Crippen molar-refractivity contribution in [2.24, 2.45) is 0 Å². The maximum atomic E-state index is 6.58. The Labute approximate surface area is 327 Å². The van der Waals surface area contributed by atoms with E-state index >= 15 is 0 Å². The number of furan rings is 1. The molecule has 3 heterocycles. The van der Waals surface area contributed by atoms with Crippen molar-refractivity contribution in [3.8, 4) is 67.5 Å². The van der Waals surface area contributed by atoms with Gasteiger partial charge in [-0.15, -0.1) is 11.3 Å². The highest BCUT2D eigenvalue weighted by Gasteiger charge is 2.18. The minimum absolute atomic E-state index is 0.585. The molecule has 5 heteroatoms. The molecule has 0 aliphatic heterocycles. The van der Waals surface area contributed by atoms with Gasteiger partial charge >= 0.3 is 0 Å². The second-order valence-corrected chi connectivity index (χ2v) is 15.1. The lowest BCUT2D eigenvalue weighted by molar-refractivity contribution is 0.669. The van der Waals surface area contributed by atoms with Crippen LogP contribution in [0, 0.1) is 0 Å². The topological polar surface area (TPSA) is 51.8 Å². The van der Waals surface area contributed by atoms with Crippen LogP contribution in [0.15, 0.2) is 192 Å². The number of fused-ring (bicyclic) bond motifs is 6. The lowest BCUT2D eigenvalue weighted by Gasteiger charge is -2.10. The Morgan fingerprint density at radius 2 is 0.821 bits per heavy atom. The van der Waals surface area contributed by atoms with Crippen molar-refractivity contribution in [1.29, 1.82) is 0 Å². The molecule has 0 unspecified atom stereocenters. The van der Waals surface area contributed by atoms with Gasteiger partial charge in [-0.2, -0.15) is 0 Å². The summed E-state index contributed by atoms with van der Waals surface area (Å²) in [6, 6.07) is 65.7. The van der Waals surface area contributed by atoms with Gasteiger partial charge in [-0.25, -0.2) is 15.0 Å². The molecule has 0 saturated carbocycles. The summed E-state index contributed by atoms with van der Waals surface area (Å²) >= 11 is 1.84. The van der Waals surface area contributed by atoms with Crippen LogP contribution >= 0.6 is 11.3 Å². The average molecular weight is 734 g/mol. The predicted octanol–water partition coefficient (Wildman–Crippen LogP) is 14.1. The SMILES string of the molecule is c1ccc(-c2ccc(-c3nc(-c4ccc(-c5ccccc5)cc4)nc(-c4ccc5c(c4)oc4cccc(-c6ccc7c(c6)sc6ccccc67)c45)n3)cc2)cc1. The first-order valence-corrected chi connectivity index (χ1v) is 19.5. The number of aromatic nitrogens is 3. The van der Waals surface area contributed by atoms with E-state index in [4.69, 9.17) is 19.4 Å². The Hall–Kier alpha value is -7.21. The van der Waals surface area contributed by atoms with E-state index < -0.39 is 0 Å². The van der Waals surface area contributed by atoms with Crippen molar-refractivity contribution < 1.29 is 4.42 Å². The first-order valence-electron chi connectivity index (χ1n) is 18.7. The lowest BCUT2D eigenvalue weighted by Crippen LogP contribution is -2.00. The molecule has 262 valence electrons. The Kier molecular flexibility index (Phi) is 7.64. The van der Waals surface area contributed by atoms with Crippen molar-refractivity contribution in [2.75, 3.05) is 0 Å². The van der Waals surface area contributed by atoms with Crippen molar-refractivity contribution in [1.82, 2.24) is 15.0 Å². The predicted molar refractivity (Wildman–Crippen MR) is 233 cm³/mol. The van der Waals surface area contributed by atoms with Crippen LogP contribution in [0.3, 0.4) is 0 Å². The average Bonchev–Trinajstić information content (AvgIpc) is 3.85. The molecule has 0 atom stereocenters. The van der Waals surface area contributed by atoms with Crippen LogP contribution in [0.4, 0.5) is 0 Å². The molecule has 0 aliphatic rings. The summed E-state index contributed by atoms with van der Waals surface area (Å²) in [6.45, 7) is 0. The van der Waals surface area contributed by atoms with Crippen LogP contribution in [0.1, 0.15) is 0 Å². The van der Waals surface area contributed by atoms with Crippen molar-refractivity contribution >= 4 is 53.4 Å². The normalized spacial score (nSPS) is 11.6. The molecule has 0 amide bonds. The van der Waals surface area contributed by atoms with E-state index in [0.717, 1.165) is 66.4 Å². The van der Waals surface area contributed by atoms with Gasteiger partial charge in [-0.3, -0.25) is 0 Å². The van der Waals surface area contributed by atoms with E-state index in [-0.39, 0.29) is 0 Å². The number of hydrogen-bond acceptors (Lipinski definition) is 5. The quantitative estimate of drug-likeness (QED) is 0.171. The number of benzene rings is 8. The third kappa shape index (κ3) is 5.65. The van der Waals surface area contributed by atoms with E-state index in [1.165, 1.54) is 25.7 Å². The Bertz CT molecular complexity index is 3120. The minimum Gasteiger partial charge on any atom is -0.456 e. The van der Waals surface area contributed by atoms with Gasteiger partial charge in [0.15, 0.2) is 17.5 Å². The van der Waals surface area contributed by atoms with E-state index in [0.29, 0.717) is 17.5 Å². The molecule has 0 radical (unpaired) electrons. The zero-order valence-corrected chi connectivity index (χ0v) is 30.9. The van der Waals surface area contributed by atoms with Gasteiger partial charge < -0.3 is 4.42 Å². The maximum Gasteiger partial charge on any atom is 0.164 e. The zero-order valence-electron chi connectivity index (χ0n) is 30.1. The number of nitrogens with zero attached hydrogens (tertiary/aromatic N) is 3. The van der Waals surface area contributed by atoms with Crippen molar-refractivity contribution in [2.45, 2.75) is 0 Å². The van der Waals surface area contributed by atoms with Crippen LogP contribution in [0.5, 0.6) is 0 Å². The molecular weight excluding hydrogens is 703 g/mol. The van der Waals surface area contributed by atoms with Gasteiger partial charge in [-0.05, 0) is 63.7 Å². The highest BCUT2D eigenvalue weighted by Crippen LogP contribution is 2.41. The van der Waals surface area contributed by atoms with Crippen LogP contribution in [-0.4, -0.2) is 15.0 Å². The summed E-state index contributed by atoms with van der Waals surface area (Å²) in [6.07, 6.45) is 0. The standard InChI is InChI=1S/C51H31N3OS/c1-3-10-32(11-4-1)34-18-22-36(23-19-34)49-52-50(37-24-20-35(21-25-37)33-12-5-2-6-13-33)54-51(53-49)39-27-29-43-45(30-39)55-44-16-9-15-40(48(43)44)38-26-28-42-41-14-7-8-17-46(41)56-47(42)31-38/h1-31H. The molecule has 0 aliphatic carbocycles. The largest absolute Gasteiger partial charge is 0.456 e. The van der Waals surface area contributed by atoms with Gasteiger partial charge in [0.2, 0.25) is 0 Å². The van der Waals surface area contributed by atoms with Gasteiger partial charge in [0.05, 0.1) is 0 Å². The van der Waals surface area contributed by atoms with E-state index in [1.54, 1.807) is 0 Å². The first kappa shape index (κ1) is 32.2. The number of rotatable bonds is 6. The summed E-state index contributed by atoms with van der Waals surface area (Å²) in [5.74, 6) is 1.81. The first-order chi connectivity index (χ1) is 27.7. The summed E-state index contributed by atoms with van der Waals surface area (Å²) in [4.78, 5) is 15.2. The fraction of sp³-hybridized carbons (Fsp3) is 0. The summed E-state index contributed by atoms with van der Waals surface area (Å²) in [5.41, 5.74) is 11.3. The third-order valence-corrected chi connectivity index (χ3v) is 11.7. The minimum atomic E-state index is 0.585. The van der Waals surface area contributed by atoms with E-state index in [9.17, 15) is 0 Å². The maximum absolute atomic E-state index is 6.58. The molecule has 56 heavy (non-hydrogen) atoms. The number of thiophene rings is 1. The summed E-state index contributed by atoms with van der Waals surface area (Å²) < 4.78 is 9.17. The van der Waals surface area contributed by atoms with Crippen LogP contribution in [0.25, 0.3) is 110 Å². The molecule has 8 aromatic carbocycles. The smallest absolute Gasteiger partial charge is 0.164 e. The fourth-order valence-electron chi connectivity index (χ4n) is 7.75. The second kappa shape index (κ2) is 13.3. The second-order valence-electron chi connectivity index (χ2n) is 14.0. The molecule has 0 spiro atoms. The molecule has 4 nitrogen and oxygen atoms in total. The van der Waals surface area contributed by atoms with Gasteiger partial charge in [0, 0.05) is 47.6 Å². The third-order valence-electron chi connectivity index (χ3n) is 10.6. The van der Waals surface area contributed by atoms with E-state index in [1.807, 2.05) is 29.5 Å². The van der Waals surface area contributed by atoms with Crippen LogP contribution < -0.4 is 0 Å². The molecule has 0 N–H and O–H groups in total.